The number of ether oxygens (including phenoxy) is 1. The van der Waals surface area contributed by atoms with Crippen molar-refractivity contribution >= 4 is 29.2 Å². The predicted molar refractivity (Wildman–Crippen MR) is 88.1 cm³/mol. The molecule has 2 N–H and O–H groups in total. The van der Waals surface area contributed by atoms with Crippen LogP contribution in [0.3, 0.4) is 0 Å². The fourth-order valence-electron chi connectivity index (χ4n) is 2.04. The molecule has 1 amide bonds. The summed E-state index contributed by atoms with van der Waals surface area (Å²) in [4.78, 5) is 24.2. The van der Waals surface area contributed by atoms with Gasteiger partial charge in [-0.3, -0.25) is 4.79 Å². The van der Waals surface area contributed by atoms with Gasteiger partial charge in [-0.15, -0.1) is 0 Å². The van der Waals surface area contributed by atoms with Crippen molar-refractivity contribution in [3.05, 3.63) is 29.3 Å². The van der Waals surface area contributed by atoms with Crippen molar-refractivity contribution < 1.29 is 27.5 Å². The molecule has 0 unspecified atom stereocenters. The van der Waals surface area contributed by atoms with Crippen LogP contribution in [0.5, 0.6) is 0 Å². The predicted octanol–water partition coefficient (Wildman–Crippen LogP) is 3.74. The first kappa shape index (κ1) is 21.1. The van der Waals surface area contributed by atoms with Gasteiger partial charge in [0.1, 0.15) is 0 Å². The largest absolute Gasteiger partial charge is 0.463 e. The molecule has 0 aromatic heterocycles. The van der Waals surface area contributed by atoms with Crippen molar-refractivity contribution in [3.8, 4) is 0 Å². The van der Waals surface area contributed by atoms with E-state index in [1.807, 2.05) is 5.32 Å². The van der Waals surface area contributed by atoms with Gasteiger partial charge in [0, 0.05) is 17.1 Å². The fraction of sp³-hybridized carbons (Fsp3) is 0.500. The molecule has 0 aliphatic heterocycles. The van der Waals surface area contributed by atoms with Crippen molar-refractivity contribution in [2.75, 3.05) is 11.9 Å². The van der Waals surface area contributed by atoms with E-state index in [2.05, 4.69) is 4.74 Å². The second-order valence-corrected chi connectivity index (χ2v) is 6.19. The van der Waals surface area contributed by atoms with Crippen LogP contribution in [0.1, 0.15) is 27.2 Å². The molecule has 5 nitrogen and oxygen atoms in total. The molecule has 0 bridgehead atoms. The Balaban J connectivity index is 3.33. The van der Waals surface area contributed by atoms with Gasteiger partial charge in [0.15, 0.2) is 0 Å². The highest BCUT2D eigenvalue weighted by Crippen LogP contribution is 2.34. The van der Waals surface area contributed by atoms with Crippen LogP contribution in [0, 0.1) is 5.92 Å². The van der Waals surface area contributed by atoms with E-state index in [1.165, 1.54) is 31.2 Å². The average Bonchev–Trinajstić information content (AvgIpc) is 2.44. The highest BCUT2D eigenvalue weighted by Gasteiger charge is 2.63. The van der Waals surface area contributed by atoms with Gasteiger partial charge >= 0.3 is 17.8 Å². The van der Waals surface area contributed by atoms with E-state index in [1.54, 1.807) is 19.2 Å². The van der Waals surface area contributed by atoms with Gasteiger partial charge < -0.3 is 15.4 Å². The smallest absolute Gasteiger partial charge is 0.441 e. The number of alkyl halides is 3. The van der Waals surface area contributed by atoms with Crippen LogP contribution in [0.25, 0.3) is 0 Å². The van der Waals surface area contributed by atoms with Crippen LogP contribution in [-0.2, 0) is 14.3 Å². The van der Waals surface area contributed by atoms with E-state index in [9.17, 15) is 22.8 Å². The molecule has 9 heteroatoms. The SMILES string of the molecule is CCOC(=O)[C@](NC(=O)CC(C)C)(Nc1cccc(Cl)c1)C(F)(F)F. The first-order valence-corrected chi connectivity index (χ1v) is 7.98. The number of benzene rings is 1. The number of rotatable bonds is 7. The number of esters is 1. The van der Waals surface area contributed by atoms with Crippen LogP contribution >= 0.6 is 11.6 Å². The quantitative estimate of drug-likeness (QED) is 0.558. The Kier molecular flexibility index (Phi) is 7.10. The molecule has 0 saturated carbocycles. The Labute approximate surface area is 148 Å². The summed E-state index contributed by atoms with van der Waals surface area (Å²) in [6.45, 7) is 4.43. The number of halogens is 4. The molecule has 0 aliphatic rings. The van der Waals surface area contributed by atoms with Gasteiger partial charge in [-0.1, -0.05) is 31.5 Å². The number of amides is 1. The topological polar surface area (TPSA) is 67.4 Å². The number of anilines is 1. The first-order chi connectivity index (χ1) is 11.5. The third-order valence-corrected chi connectivity index (χ3v) is 3.32. The van der Waals surface area contributed by atoms with Crippen LogP contribution in [0.15, 0.2) is 24.3 Å². The summed E-state index contributed by atoms with van der Waals surface area (Å²) >= 11 is 5.78. The summed E-state index contributed by atoms with van der Waals surface area (Å²) in [6.07, 6.45) is -5.34. The normalized spacial score (nSPS) is 13.9. The molecule has 140 valence electrons. The molecule has 1 aromatic carbocycles. The Morgan fingerprint density at radius 2 is 1.92 bits per heavy atom. The van der Waals surface area contributed by atoms with Crippen molar-refractivity contribution in [1.29, 1.82) is 0 Å². The van der Waals surface area contributed by atoms with Crippen molar-refractivity contribution in [2.24, 2.45) is 5.92 Å². The molecule has 1 aromatic rings. The first-order valence-electron chi connectivity index (χ1n) is 7.60. The highest BCUT2D eigenvalue weighted by atomic mass is 35.5. The zero-order valence-electron chi connectivity index (χ0n) is 14.0. The van der Waals surface area contributed by atoms with Gasteiger partial charge in [0.25, 0.3) is 0 Å². The Morgan fingerprint density at radius 1 is 1.28 bits per heavy atom. The standard InChI is InChI=1S/C16H20ClF3N2O3/c1-4-25-14(24)15(16(18,19)20,22-13(23)8-10(2)3)21-12-7-5-6-11(17)9-12/h5-7,9-10,21H,4,8H2,1-3H3,(H,22,23)/t15-/m1/s1. The van der Waals surface area contributed by atoms with Gasteiger partial charge in [-0.05, 0) is 31.0 Å². The van der Waals surface area contributed by atoms with Crippen LogP contribution in [0.4, 0.5) is 18.9 Å². The van der Waals surface area contributed by atoms with E-state index >= 15 is 0 Å². The lowest BCUT2D eigenvalue weighted by Gasteiger charge is -2.35. The lowest BCUT2D eigenvalue weighted by Crippen LogP contribution is -2.69. The monoisotopic (exact) mass is 380 g/mol. The molecule has 0 radical (unpaired) electrons. The number of nitrogens with one attached hydrogen (secondary N) is 2. The zero-order valence-corrected chi connectivity index (χ0v) is 14.8. The fourth-order valence-corrected chi connectivity index (χ4v) is 2.23. The molecule has 25 heavy (non-hydrogen) atoms. The summed E-state index contributed by atoms with van der Waals surface area (Å²) in [5.41, 5.74) is -3.51. The third-order valence-electron chi connectivity index (χ3n) is 3.08. The van der Waals surface area contributed by atoms with Gasteiger partial charge in [0.05, 0.1) is 6.61 Å². The lowest BCUT2D eigenvalue weighted by atomic mass is 10.1. The van der Waals surface area contributed by atoms with Gasteiger partial charge in [-0.2, -0.15) is 13.2 Å². The van der Waals surface area contributed by atoms with Crippen molar-refractivity contribution in [2.45, 2.75) is 39.0 Å². The number of carbonyl (C=O) groups is 2. The van der Waals surface area contributed by atoms with Crippen LogP contribution in [0.2, 0.25) is 5.02 Å². The van der Waals surface area contributed by atoms with E-state index < -0.39 is 23.7 Å². The van der Waals surface area contributed by atoms with Gasteiger partial charge in [0.2, 0.25) is 5.91 Å². The van der Waals surface area contributed by atoms with Crippen LogP contribution in [-0.4, -0.2) is 30.3 Å². The van der Waals surface area contributed by atoms with Crippen LogP contribution < -0.4 is 10.6 Å². The molecule has 1 rings (SSSR count). The summed E-state index contributed by atoms with van der Waals surface area (Å²) < 4.78 is 46.0. The summed E-state index contributed by atoms with van der Waals surface area (Å²) in [7, 11) is 0. The Morgan fingerprint density at radius 3 is 2.40 bits per heavy atom. The van der Waals surface area contributed by atoms with E-state index in [0.29, 0.717) is 0 Å². The molecular formula is C16H20ClF3N2O3. The molecular weight excluding hydrogens is 361 g/mol. The maximum Gasteiger partial charge on any atom is 0.441 e. The van der Waals surface area contributed by atoms with E-state index in [4.69, 9.17) is 11.6 Å². The number of carbonyl (C=O) groups excluding carboxylic acids is 2. The minimum absolute atomic E-state index is 0.0947. The number of hydrogen-bond acceptors (Lipinski definition) is 4. The molecule has 0 heterocycles. The second kappa shape index (κ2) is 8.42. The molecule has 0 fully saturated rings. The minimum atomic E-state index is -5.16. The van der Waals surface area contributed by atoms with E-state index in [-0.39, 0.29) is 29.7 Å². The molecule has 0 spiro atoms. The summed E-state index contributed by atoms with van der Waals surface area (Å²) in [5.74, 6) is -2.78. The van der Waals surface area contributed by atoms with Crippen molar-refractivity contribution in [1.82, 2.24) is 5.32 Å². The summed E-state index contributed by atoms with van der Waals surface area (Å²) in [5, 5.41) is 3.97. The summed E-state index contributed by atoms with van der Waals surface area (Å²) in [6, 6.07) is 5.37. The van der Waals surface area contributed by atoms with Gasteiger partial charge in [-0.25, -0.2) is 4.79 Å². The zero-order chi connectivity index (χ0) is 19.3. The third kappa shape index (κ3) is 5.52. The average molecular weight is 381 g/mol. The maximum atomic E-state index is 13.8. The second-order valence-electron chi connectivity index (χ2n) is 5.75. The Hall–Kier alpha value is -1.96. The molecule has 0 aliphatic carbocycles. The molecule has 0 saturated heterocycles. The van der Waals surface area contributed by atoms with Crippen molar-refractivity contribution in [3.63, 3.8) is 0 Å². The minimum Gasteiger partial charge on any atom is -0.463 e. The maximum absolute atomic E-state index is 13.8. The van der Waals surface area contributed by atoms with E-state index in [0.717, 1.165) is 0 Å². The highest BCUT2D eigenvalue weighted by molar-refractivity contribution is 6.30. The lowest BCUT2D eigenvalue weighted by molar-refractivity contribution is -0.208. The Bertz CT molecular complexity index is 623. The molecule has 1 atom stereocenters. The number of hydrogen-bond donors (Lipinski definition) is 2.